The molecule has 1 aromatic carbocycles. The average Bonchev–Trinajstić information content (AvgIpc) is 2.69. The highest BCUT2D eigenvalue weighted by atomic mass is 79.9. The van der Waals surface area contributed by atoms with E-state index in [1.54, 1.807) is 6.07 Å². The van der Waals surface area contributed by atoms with E-state index in [2.05, 4.69) is 47.8 Å². The van der Waals surface area contributed by atoms with Gasteiger partial charge < -0.3 is 5.11 Å². The van der Waals surface area contributed by atoms with Crippen molar-refractivity contribution in [2.75, 3.05) is 0 Å². The standard InChI is InChI=1S/C12H7Br3F2OS/c13-7-1-2-8(16)5(11(7)17)3-9(18)6-4-10(14)19-12(6)15/h1-2,4,9,18H,3H2. The fourth-order valence-electron chi connectivity index (χ4n) is 1.64. The summed E-state index contributed by atoms with van der Waals surface area (Å²) in [6.07, 6.45) is -1.10. The van der Waals surface area contributed by atoms with Crippen molar-refractivity contribution in [3.05, 3.63) is 53.0 Å². The van der Waals surface area contributed by atoms with E-state index in [4.69, 9.17) is 0 Å². The van der Waals surface area contributed by atoms with Crippen molar-refractivity contribution >= 4 is 59.1 Å². The predicted octanol–water partition coefficient (Wildman–Crippen LogP) is 5.59. The molecule has 0 amide bonds. The van der Waals surface area contributed by atoms with Crippen molar-refractivity contribution in [1.82, 2.24) is 0 Å². The summed E-state index contributed by atoms with van der Waals surface area (Å²) in [6.45, 7) is 0. The Morgan fingerprint density at radius 1 is 1.21 bits per heavy atom. The number of aliphatic hydroxyl groups excluding tert-OH is 1. The first-order valence-corrected chi connectivity index (χ1v) is 8.35. The van der Waals surface area contributed by atoms with Crippen LogP contribution in [0.4, 0.5) is 8.78 Å². The first kappa shape index (κ1) is 15.6. The van der Waals surface area contributed by atoms with Gasteiger partial charge in [0.15, 0.2) is 0 Å². The molecule has 0 aliphatic carbocycles. The molecule has 0 aliphatic rings. The Hall–Kier alpha value is 0.180. The van der Waals surface area contributed by atoms with Gasteiger partial charge in [-0.05, 0) is 66.0 Å². The van der Waals surface area contributed by atoms with Gasteiger partial charge in [-0.15, -0.1) is 11.3 Å². The molecule has 0 spiro atoms. The van der Waals surface area contributed by atoms with Crippen LogP contribution in [0, 0.1) is 11.6 Å². The van der Waals surface area contributed by atoms with Crippen molar-refractivity contribution in [2.45, 2.75) is 12.5 Å². The number of hydrogen-bond acceptors (Lipinski definition) is 2. The summed E-state index contributed by atoms with van der Waals surface area (Å²) in [5.74, 6) is -1.34. The molecule has 2 rings (SSSR count). The lowest BCUT2D eigenvalue weighted by atomic mass is 10.0. The molecule has 102 valence electrons. The van der Waals surface area contributed by atoms with E-state index in [-0.39, 0.29) is 16.5 Å². The second kappa shape index (κ2) is 6.30. The second-order valence-corrected chi connectivity index (χ2v) is 8.42. The fourth-order valence-corrected chi connectivity index (χ4v) is 4.97. The van der Waals surface area contributed by atoms with Gasteiger partial charge >= 0.3 is 0 Å². The Balaban J connectivity index is 2.31. The molecule has 1 unspecified atom stereocenters. The van der Waals surface area contributed by atoms with Crippen molar-refractivity contribution in [1.29, 1.82) is 0 Å². The van der Waals surface area contributed by atoms with Crippen LogP contribution >= 0.6 is 59.1 Å². The van der Waals surface area contributed by atoms with Gasteiger partial charge in [0, 0.05) is 17.5 Å². The van der Waals surface area contributed by atoms with Crippen molar-refractivity contribution in [2.24, 2.45) is 0 Å². The molecule has 1 atom stereocenters. The van der Waals surface area contributed by atoms with Crippen LogP contribution in [0.15, 0.2) is 30.2 Å². The zero-order valence-electron chi connectivity index (χ0n) is 9.26. The van der Waals surface area contributed by atoms with Crippen LogP contribution in [0.5, 0.6) is 0 Å². The molecule has 0 radical (unpaired) electrons. The monoisotopic (exact) mass is 474 g/mol. The van der Waals surface area contributed by atoms with Gasteiger partial charge in [0.25, 0.3) is 0 Å². The maximum absolute atomic E-state index is 13.8. The number of rotatable bonds is 3. The molecule has 0 fully saturated rings. The molecule has 2 aromatic rings. The maximum Gasteiger partial charge on any atom is 0.143 e. The van der Waals surface area contributed by atoms with Gasteiger partial charge in [0.2, 0.25) is 0 Å². The lowest BCUT2D eigenvalue weighted by molar-refractivity contribution is 0.175. The molecular weight excluding hydrogens is 470 g/mol. The molecule has 0 aliphatic heterocycles. The van der Waals surface area contributed by atoms with Gasteiger partial charge in [-0.2, -0.15) is 0 Å². The van der Waals surface area contributed by atoms with Crippen molar-refractivity contribution in [3.63, 3.8) is 0 Å². The van der Waals surface area contributed by atoms with E-state index in [1.807, 2.05) is 0 Å². The van der Waals surface area contributed by atoms with Crippen LogP contribution in [0.25, 0.3) is 0 Å². The van der Waals surface area contributed by atoms with E-state index in [9.17, 15) is 13.9 Å². The van der Waals surface area contributed by atoms with Crippen LogP contribution in [0.2, 0.25) is 0 Å². The summed E-state index contributed by atoms with van der Waals surface area (Å²) in [4.78, 5) is 0. The number of aliphatic hydroxyl groups is 1. The van der Waals surface area contributed by atoms with E-state index < -0.39 is 17.7 Å². The summed E-state index contributed by atoms with van der Waals surface area (Å²) in [5, 5.41) is 10.1. The van der Waals surface area contributed by atoms with Gasteiger partial charge in [-0.3, -0.25) is 0 Å². The van der Waals surface area contributed by atoms with Gasteiger partial charge in [0.1, 0.15) is 11.6 Å². The minimum Gasteiger partial charge on any atom is -0.388 e. The largest absolute Gasteiger partial charge is 0.388 e. The topological polar surface area (TPSA) is 20.2 Å². The van der Waals surface area contributed by atoms with E-state index in [0.717, 1.165) is 7.57 Å². The fraction of sp³-hybridized carbons (Fsp3) is 0.167. The lowest BCUT2D eigenvalue weighted by Gasteiger charge is -2.12. The number of benzene rings is 1. The third-order valence-electron chi connectivity index (χ3n) is 2.58. The summed E-state index contributed by atoms with van der Waals surface area (Å²) in [6, 6.07) is 4.21. The molecule has 1 heterocycles. The first-order valence-electron chi connectivity index (χ1n) is 5.15. The molecule has 19 heavy (non-hydrogen) atoms. The molecule has 1 nitrogen and oxygen atoms in total. The van der Waals surface area contributed by atoms with Crippen LogP contribution in [-0.2, 0) is 6.42 Å². The van der Waals surface area contributed by atoms with Gasteiger partial charge in [0.05, 0.1) is 18.1 Å². The number of halogens is 5. The molecule has 0 bridgehead atoms. The van der Waals surface area contributed by atoms with E-state index in [0.29, 0.717) is 5.56 Å². The second-order valence-electron chi connectivity index (χ2n) is 3.82. The normalized spacial score (nSPS) is 12.7. The average molecular weight is 477 g/mol. The van der Waals surface area contributed by atoms with Crippen LogP contribution in [-0.4, -0.2) is 5.11 Å². The Kier molecular flexibility index (Phi) is 5.16. The lowest BCUT2D eigenvalue weighted by Crippen LogP contribution is -2.06. The third kappa shape index (κ3) is 3.44. The van der Waals surface area contributed by atoms with Crippen LogP contribution in [0.3, 0.4) is 0 Å². The Morgan fingerprint density at radius 2 is 1.89 bits per heavy atom. The van der Waals surface area contributed by atoms with Crippen LogP contribution < -0.4 is 0 Å². The highest BCUT2D eigenvalue weighted by Crippen LogP contribution is 2.37. The van der Waals surface area contributed by atoms with E-state index >= 15 is 0 Å². The zero-order chi connectivity index (χ0) is 14.2. The highest BCUT2D eigenvalue weighted by Gasteiger charge is 2.20. The minimum absolute atomic E-state index is 0.126. The number of hydrogen-bond donors (Lipinski definition) is 1. The van der Waals surface area contributed by atoms with Crippen molar-refractivity contribution < 1.29 is 13.9 Å². The zero-order valence-corrected chi connectivity index (χ0v) is 14.8. The summed E-state index contributed by atoms with van der Waals surface area (Å²) in [5.41, 5.74) is 0.478. The van der Waals surface area contributed by atoms with Crippen molar-refractivity contribution in [3.8, 4) is 0 Å². The summed E-state index contributed by atoms with van der Waals surface area (Å²) >= 11 is 11.0. The van der Waals surface area contributed by atoms with Crippen LogP contribution in [0.1, 0.15) is 17.2 Å². The molecule has 1 aromatic heterocycles. The van der Waals surface area contributed by atoms with Gasteiger partial charge in [-0.1, -0.05) is 0 Å². The summed E-state index contributed by atoms with van der Waals surface area (Å²) in [7, 11) is 0. The smallest absolute Gasteiger partial charge is 0.143 e. The van der Waals surface area contributed by atoms with E-state index in [1.165, 1.54) is 23.5 Å². The first-order chi connectivity index (χ1) is 8.90. The molecule has 0 saturated heterocycles. The Bertz CT molecular complexity index is 615. The molecule has 7 heteroatoms. The quantitative estimate of drug-likeness (QED) is 0.572. The maximum atomic E-state index is 13.8. The predicted molar refractivity (Wildman–Crippen MR) is 82.4 cm³/mol. The minimum atomic E-state index is -0.977. The van der Waals surface area contributed by atoms with Gasteiger partial charge in [-0.25, -0.2) is 8.78 Å². The Labute approximate surface area is 138 Å². The number of thiophene rings is 1. The SMILES string of the molecule is OC(Cc1c(F)ccc(Br)c1F)c1cc(Br)sc1Br. The molecule has 0 saturated carbocycles. The molecular formula is C12H7Br3F2OS. The molecule has 1 N–H and O–H groups in total. The third-order valence-corrected chi connectivity index (χ3v) is 5.58. The summed E-state index contributed by atoms with van der Waals surface area (Å²) < 4.78 is 29.2. The highest BCUT2D eigenvalue weighted by molar-refractivity contribution is 9.12. The Morgan fingerprint density at radius 3 is 2.47 bits per heavy atom.